The minimum atomic E-state index is 0.290. The molecule has 5 nitrogen and oxygen atoms in total. The van der Waals surface area contributed by atoms with Gasteiger partial charge in [0, 0.05) is 0 Å². The van der Waals surface area contributed by atoms with Gasteiger partial charge in [0.15, 0.2) is 0 Å². The summed E-state index contributed by atoms with van der Waals surface area (Å²) >= 11 is 0. The lowest BCUT2D eigenvalue weighted by Crippen LogP contribution is -2.01. The molecule has 0 saturated carbocycles. The number of nitrogens with two attached hydrogens (primary N) is 1. The molecular weight excluding hydrogens is 192 g/mol. The van der Waals surface area contributed by atoms with Gasteiger partial charge in [0.25, 0.3) is 0 Å². The molecule has 0 spiro atoms. The van der Waals surface area contributed by atoms with Crippen molar-refractivity contribution < 1.29 is 4.74 Å². The van der Waals surface area contributed by atoms with E-state index in [0.717, 1.165) is 11.3 Å². The number of rotatable bonds is 3. The number of nitrogens with zero attached hydrogens (tertiary/aromatic N) is 3. The second-order valence-corrected chi connectivity index (χ2v) is 3.15. The SMILES string of the molecule is COc1cccc(Cn2cnc(N)n2)c1. The first-order chi connectivity index (χ1) is 7.28. The molecule has 0 radical (unpaired) electrons. The molecule has 0 aliphatic rings. The van der Waals surface area contributed by atoms with Crippen LogP contribution in [0.25, 0.3) is 0 Å². The van der Waals surface area contributed by atoms with Crippen molar-refractivity contribution in [1.29, 1.82) is 0 Å². The Morgan fingerprint density at radius 2 is 2.33 bits per heavy atom. The minimum Gasteiger partial charge on any atom is -0.497 e. The molecule has 2 rings (SSSR count). The summed E-state index contributed by atoms with van der Waals surface area (Å²) in [5, 5.41) is 4.00. The van der Waals surface area contributed by atoms with E-state index < -0.39 is 0 Å². The molecule has 2 aromatic rings. The molecule has 78 valence electrons. The van der Waals surface area contributed by atoms with Crippen LogP contribution in [0.15, 0.2) is 30.6 Å². The van der Waals surface area contributed by atoms with E-state index >= 15 is 0 Å². The number of hydrogen-bond acceptors (Lipinski definition) is 4. The Bertz CT molecular complexity index is 452. The molecule has 1 heterocycles. The molecule has 5 heteroatoms. The van der Waals surface area contributed by atoms with E-state index in [9.17, 15) is 0 Å². The maximum absolute atomic E-state index is 5.42. The van der Waals surface area contributed by atoms with E-state index in [1.807, 2.05) is 24.3 Å². The fourth-order valence-electron chi connectivity index (χ4n) is 1.34. The predicted molar refractivity (Wildman–Crippen MR) is 56.5 cm³/mol. The summed E-state index contributed by atoms with van der Waals surface area (Å²) in [7, 11) is 1.65. The van der Waals surface area contributed by atoms with Crippen molar-refractivity contribution in [2.75, 3.05) is 12.8 Å². The van der Waals surface area contributed by atoms with Gasteiger partial charge in [-0.25, -0.2) is 9.67 Å². The summed E-state index contributed by atoms with van der Waals surface area (Å²) in [6.07, 6.45) is 1.61. The topological polar surface area (TPSA) is 66.0 Å². The van der Waals surface area contributed by atoms with Crippen molar-refractivity contribution in [2.45, 2.75) is 6.54 Å². The maximum atomic E-state index is 5.42. The van der Waals surface area contributed by atoms with Gasteiger partial charge in [-0.15, -0.1) is 5.10 Å². The van der Waals surface area contributed by atoms with Gasteiger partial charge in [-0.2, -0.15) is 0 Å². The van der Waals surface area contributed by atoms with Crippen LogP contribution in [0.4, 0.5) is 5.95 Å². The average molecular weight is 204 g/mol. The maximum Gasteiger partial charge on any atom is 0.239 e. The van der Waals surface area contributed by atoms with Crippen LogP contribution >= 0.6 is 0 Å². The Hall–Kier alpha value is -2.04. The predicted octanol–water partition coefficient (Wildman–Crippen LogP) is 0.917. The van der Waals surface area contributed by atoms with Crippen LogP contribution in [0.3, 0.4) is 0 Å². The first-order valence-corrected chi connectivity index (χ1v) is 4.56. The Labute approximate surface area is 87.5 Å². The van der Waals surface area contributed by atoms with Crippen LogP contribution in [0, 0.1) is 0 Å². The minimum absolute atomic E-state index is 0.290. The largest absolute Gasteiger partial charge is 0.497 e. The lowest BCUT2D eigenvalue weighted by atomic mass is 10.2. The molecule has 1 aromatic heterocycles. The van der Waals surface area contributed by atoms with Crippen LogP contribution in [-0.2, 0) is 6.54 Å². The molecule has 0 atom stereocenters. The zero-order chi connectivity index (χ0) is 10.7. The Morgan fingerprint density at radius 3 is 3.00 bits per heavy atom. The third-order valence-electron chi connectivity index (χ3n) is 2.03. The zero-order valence-electron chi connectivity index (χ0n) is 8.42. The fourth-order valence-corrected chi connectivity index (χ4v) is 1.34. The number of benzene rings is 1. The third-order valence-corrected chi connectivity index (χ3v) is 2.03. The first kappa shape index (κ1) is 9.51. The standard InChI is InChI=1S/C10H12N4O/c1-15-9-4-2-3-8(5-9)6-14-7-12-10(11)13-14/h2-5,7H,6H2,1H3,(H2,11,13). The Balaban J connectivity index is 2.16. The molecule has 0 fully saturated rings. The van der Waals surface area contributed by atoms with Crippen LogP contribution < -0.4 is 10.5 Å². The number of aromatic nitrogens is 3. The van der Waals surface area contributed by atoms with Gasteiger partial charge in [0.05, 0.1) is 13.7 Å². The van der Waals surface area contributed by atoms with Crippen molar-refractivity contribution in [3.63, 3.8) is 0 Å². The van der Waals surface area contributed by atoms with Crippen LogP contribution in [-0.4, -0.2) is 21.9 Å². The van der Waals surface area contributed by atoms with Gasteiger partial charge in [0.2, 0.25) is 5.95 Å². The number of ether oxygens (including phenoxy) is 1. The number of nitrogen functional groups attached to an aromatic ring is 1. The molecule has 0 aliphatic heterocycles. The van der Waals surface area contributed by atoms with E-state index in [-0.39, 0.29) is 5.95 Å². The highest BCUT2D eigenvalue weighted by molar-refractivity contribution is 5.28. The molecule has 0 aliphatic carbocycles. The molecule has 15 heavy (non-hydrogen) atoms. The molecule has 0 bridgehead atoms. The second-order valence-electron chi connectivity index (χ2n) is 3.15. The summed E-state index contributed by atoms with van der Waals surface area (Å²) in [5.74, 6) is 1.12. The summed E-state index contributed by atoms with van der Waals surface area (Å²) in [6.45, 7) is 0.640. The summed E-state index contributed by atoms with van der Waals surface area (Å²) in [5.41, 5.74) is 6.52. The lowest BCUT2D eigenvalue weighted by Gasteiger charge is -2.03. The second kappa shape index (κ2) is 4.00. The van der Waals surface area contributed by atoms with Crippen molar-refractivity contribution in [1.82, 2.24) is 14.8 Å². The van der Waals surface area contributed by atoms with Gasteiger partial charge in [-0.3, -0.25) is 0 Å². The van der Waals surface area contributed by atoms with Crippen molar-refractivity contribution in [3.05, 3.63) is 36.2 Å². The van der Waals surface area contributed by atoms with Gasteiger partial charge >= 0.3 is 0 Å². The van der Waals surface area contributed by atoms with E-state index in [1.165, 1.54) is 0 Å². The number of hydrogen-bond donors (Lipinski definition) is 1. The summed E-state index contributed by atoms with van der Waals surface area (Å²) in [4.78, 5) is 3.85. The Kier molecular flexibility index (Phi) is 2.53. The molecule has 0 amide bonds. The monoisotopic (exact) mass is 204 g/mol. The van der Waals surface area contributed by atoms with E-state index in [2.05, 4.69) is 10.1 Å². The lowest BCUT2D eigenvalue weighted by molar-refractivity contribution is 0.414. The number of anilines is 1. The summed E-state index contributed by atoms with van der Waals surface area (Å²) < 4.78 is 6.81. The molecule has 0 unspecified atom stereocenters. The third kappa shape index (κ3) is 2.25. The normalized spacial score (nSPS) is 10.2. The molecule has 1 aromatic carbocycles. The number of methoxy groups -OCH3 is 1. The fraction of sp³-hybridized carbons (Fsp3) is 0.200. The highest BCUT2D eigenvalue weighted by Crippen LogP contribution is 2.13. The zero-order valence-corrected chi connectivity index (χ0v) is 8.42. The first-order valence-electron chi connectivity index (χ1n) is 4.56. The van der Waals surface area contributed by atoms with Crippen molar-refractivity contribution in [2.24, 2.45) is 0 Å². The van der Waals surface area contributed by atoms with Gasteiger partial charge < -0.3 is 10.5 Å². The highest BCUT2D eigenvalue weighted by Gasteiger charge is 1.99. The van der Waals surface area contributed by atoms with Crippen LogP contribution in [0.2, 0.25) is 0 Å². The molecule has 0 saturated heterocycles. The van der Waals surface area contributed by atoms with E-state index in [1.54, 1.807) is 18.1 Å². The van der Waals surface area contributed by atoms with Crippen LogP contribution in [0.1, 0.15) is 5.56 Å². The van der Waals surface area contributed by atoms with Gasteiger partial charge in [-0.1, -0.05) is 12.1 Å². The smallest absolute Gasteiger partial charge is 0.239 e. The molecule has 2 N–H and O–H groups in total. The van der Waals surface area contributed by atoms with E-state index in [4.69, 9.17) is 10.5 Å². The summed E-state index contributed by atoms with van der Waals surface area (Å²) in [6, 6.07) is 7.80. The van der Waals surface area contributed by atoms with Crippen LogP contribution in [0.5, 0.6) is 5.75 Å². The highest BCUT2D eigenvalue weighted by atomic mass is 16.5. The van der Waals surface area contributed by atoms with E-state index in [0.29, 0.717) is 6.54 Å². The molecular formula is C10H12N4O. The average Bonchev–Trinajstić information content (AvgIpc) is 2.64. The van der Waals surface area contributed by atoms with Crippen molar-refractivity contribution in [3.8, 4) is 5.75 Å². The van der Waals surface area contributed by atoms with Gasteiger partial charge in [0.1, 0.15) is 12.1 Å². The Morgan fingerprint density at radius 1 is 1.47 bits per heavy atom. The van der Waals surface area contributed by atoms with Crippen molar-refractivity contribution >= 4 is 5.95 Å². The van der Waals surface area contributed by atoms with Gasteiger partial charge in [-0.05, 0) is 17.7 Å². The quantitative estimate of drug-likeness (QED) is 0.807.